The molecule has 2 aliphatic heterocycles. The van der Waals surface area contributed by atoms with E-state index in [2.05, 4.69) is 64.0 Å². The highest BCUT2D eigenvalue weighted by Gasteiger charge is 2.15. The van der Waals surface area contributed by atoms with Crippen LogP contribution in [-0.2, 0) is 6.54 Å². The van der Waals surface area contributed by atoms with Crippen LogP contribution in [0.2, 0.25) is 0 Å². The number of hydrogen-bond donors (Lipinski definition) is 2. The highest BCUT2D eigenvalue weighted by atomic mass is 15.2. The zero-order valence-electron chi connectivity index (χ0n) is 14.1. The lowest BCUT2D eigenvalue weighted by molar-refractivity contribution is 0.233. The Labute approximate surface area is 139 Å². The SMILES string of the molecule is C/C=C1\CC(=NC)NC=C1c1ccc(CN2CCNCC2)cc1. The fourth-order valence-corrected chi connectivity index (χ4v) is 3.16. The summed E-state index contributed by atoms with van der Waals surface area (Å²) in [5.74, 6) is 1.03. The molecule has 0 unspecified atom stereocenters. The third-order valence-electron chi connectivity index (χ3n) is 4.59. The van der Waals surface area contributed by atoms with Crippen molar-refractivity contribution in [3.8, 4) is 0 Å². The Morgan fingerprint density at radius 1 is 1.17 bits per heavy atom. The molecule has 2 N–H and O–H groups in total. The Hall–Kier alpha value is -1.91. The lowest BCUT2D eigenvalue weighted by atomic mass is 9.93. The molecule has 0 spiro atoms. The van der Waals surface area contributed by atoms with E-state index < -0.39 is 0 Å². The smallest absolute Gasteiger partial charge is 0.104 e. The van der Waals surface area contributed by atoms with E-state index in [0.717, 1.165) is 45.0 Å². The molecule has 0 atom stereocenters. The van der Waals surface area contributed by atoms with Crippen molar-refractivity contribution in [2.75, 3.05) is 33.2 Å². The van der Waals surface area contributed by atoms with E-state index in [1.54, 1.807) is 0 Å². The topological polar surface area (TPSA) is 39.7 Å². The van der Waals surface area contributed by atoms with Gasteiger partial charge >= 0.3 is 0 Å². The molecule has 3 rings (SSSR count). The molecule has 1 aromatic carbocycles. The molecule has 2 heterocycles. The minimum absolute atomic E-state index is 0.876. The van der Waals surface area contributed by atoms with E-state index in [-0.39, 0.29) is 0 Å². The molecule has 0 saturated carbocycles. The van der Waals surface area contributed by atoms with Gasteiger partial charge in [-0.05, 0) is 23.6 Å². The second kappa shape index (κ2) is 7.57. The van der Waals surface area contributed by atoms with E-state index in [9.17, 15) is 0 Å². The van der Waals surface area contributed by atoms with E-state index in [1.165, 1.54) is 22.3 Å². The first-order valence-electron chi connectivity index (χ1n) is 8.40. The number of piperazine rings is 1. The van der Waals surface area contributed by atoms with Gasteiger partial charge in [-0.25, -0.2) is 0 Å². The summed E-state index contributed by atoms with van der Waals surface area (Å²) < 4.78 is 0. The molecular formula is C19H26N4. The van der Waals surface area contributed by atoms with Crippen LogP contribution in [-0.4, -0.2) is 44.0 Å². The van der Waals surface area contributed by atoms with Gasteiger partial charge in [-0.1, -0.05) is 30.3 Å². The van der Waals surface area contributed by atoms with Crippen LogP contribution in [0.4, 0.5) is 0 Å². The predicted octanol–water partition coefficient (Wildman–Crippen LogP) is 2.40. The van der Waals surface area contributed by atoms with Gasteiger partial charge in [-0.2, -0.15) is 0 Å². The third-order valence-corrected chi connectivity index (χ3v) is 4.59. The Morgan fingerprint density at radius 2 is 1.91 bits per heavy atom. The maximum atomic E-state index is 4.26. The summed E-state index contributed by atoms with van der Waals surface area (Å²) in [6.07, 6.45) is 5.14. The fraction of sp³-hybridized carbons (Fsp3) is 0.421. The van der Waals surface area contributed by atoms with Gasteiger partial charge in [-0.3, -0.25) is 9.89 Å². The first-order valence-corrected chi connectivity index (χ1v) is 8.40. The maximum absolute atomic E-state index is 4.26. The van der Waals surface area contributed by atoms with Gasteiger partial charge in [0.15, 0.2) is 0 Å². The third kappa shape index (κ3) is 3.89. The minimum Gasteiger partial charge on any atom is -0.350 e. The van der Waals surface area contributed by atoms with E-state index in [4.69, 9.17) is 0 Å². The van der Waals surface area contributed by atoms with E-state index in [1.807, 2.05) is 7.05 Å². The summed E-state index contributed by atoms with van der Waals surface area (Å²) in [5.41, 5.74) is 5.26. The molecule has 1 fully saturated rings. The van der Waals surface area contributed by atoms with Crippen LogP contribution in [0.1, 0.15) is 24.5 Å². The van der Waals surface area contributed by atoms with Crippen molar-refractivity contribution in [2.45, 2.75) is 19.9 Å². The molecule has 4 heteroatoms. The molecule has 4 nitrogen and oxygen atoms in total. The van der Waals surface area contributed by atoms with Gasteiger partial charge in [0.25, 0.3) is 0 Å². The fourth-order valence-electron chi connectivity index (χ4n) is 3.16. The number of nitrogens with zero attached hydrogens (tertiary/aromatic N) is 2. The van der Waals surface area contributed by atoms with Crippen molar-refractivity contribution in [1.29, 1.82) is 0 Å². The van der Waals surface area contributed by atoms with Crippen molar-refractivity contribution in [1.82, 2.24) is 15.5 Å². The molecule has 1 saturated heterocycles. The van der Waals surface area contributed by atoms with Crippen molar-refractivity contribution >= 4 is 11.4 Å². The molecule has 23 heavy (non-hydrogen) atoms. The molecular weight excluding hydrogens is 284 g/mol. The largest absolute Gasteiger partial charge is 0.350 e. The Morgan fingerprint density at radius 3 is 2.57 bits per heavy atom. The van der Waals surface area contributed by atoms with Gasteiger partial charge in [0.1, 0.15) is 5.84 Å². The summed E-state index contributed by atoms with van der Waals surface area (Å²) in [6.45, 7) is 7.62. The average molecular weight is 310 g/mol. The van der Waals surface area contributed by atoms with Crippen molar-refractivity contribution in [2.24, 2.45) is 4.99 Å². The number of aliphatic imine (C=N–C) groups is 1. The average Bonchev–Trinajstić information content (AvgIpc) is 2.63. The van der Waals surface area contributed by atoms with Gasteiger partial charge in [-0.15, -0.1) is 0 Å². The van der Waals surface area contributed by atoms with Crippen LogP contribution in [0.25, 0.3) is 5.57 Å². The molecule has 0 bridgehead atoms. The van der Waals surface area contributed by atoms with Crippen LogP contribution in [0.3, 0.4) is 0 Å². The van der Waals surface area contributed by atoms with E-state index >= 15 is 0 Å². The van der Waals surface area contributed by atoms with Crippen LogP contribution >= 0.6 is 0 Å². The summed E-state index contributed by atoms with van der Waals surface area (Å²) in [7, 11) is 1.83. The van der Waals surface area contributed by atoms with Crippen LogP contribution in [0.15, 0.2) is 47.1 Å². The lowest BCUT2D eigenvalue weighted by Gasteiger charge is -2.27. The predicted molar refractivity (Wildman–Crippen MR) is 97.4 cm³/mol. The number of hydrogen-bond acceptors (Lipinski definition) is 3. The number of benzene rings is 1. The second-order valence-corrected chi connectivity index (χ2v) is 6.09. The first-order chi connectivity index (χ1) is 11.3. The molecule has 0 amide bonds. The standard InChI is InChI=1S/C19H26N4/c1-3-16-12-19(20-2)22-13-18(16)17-6-4-15(5-7-17)14-23-10-8-21-9-11-23/h3-7,13,21H,8-12,14H2,1-2H3,(H,20,22)/b16-3+. The van der Waals surface area contributed by atoms with Crippen LogP contribution < -0.4 is 10.6 Å². The van der Waals surface area contributed by atoms with Gasteiger partial charge < -0.3 is 10.6 Å². The molecule has 0 aromatic heterocycles. The zero-order chi connectivity index (χ0) is 16.1. The van der Waals surface area contributed by atoms with Gasteiger partial charge in [0, 0.05) is 58.0 Å². The Kier molecular flexibility index (Phi) is 5.26. The highest BCUT2D eigenvalue weighted by Crippen LogP contribution is 2.28. The molecule has 0 aliphatic carbocycles. The first kappa shape index (κ1) is 16.0. The highest BCUT2D eigenvalue weighted by molar-refractivity contribution is 5.96. The molecule has 1 aromatic rings. The second-order valence-electron chi connectivity index (χ2n) is 6.09. The molecule has 0 radical (unpaired) electrons. The van der Waals surface area contributed by atoms with Crippen LogP contribution in [0.5, 0.6) is 0 Å². The molecule has 2 aliphatic rings. The molecule has 122 valence electrons. The Balaban J connectivity index is 1.72. The summed E-state index contributed by atoms with van der Waals surface area (Å²) in [4.78, 5) is 6.77. The number of nitrogens with one attached hydrogen (secondary N) is 2. The Bertz CT molecular complexity index is 619. The monoisotopic (exact) mass is 310 g/mol. The maximum Gasteiger partial charge on any atom is 0.104 e. The minimum atomic E-state index is 0.876. The number of amidine groups is 1. The number of allylic oxidation sites excluding steroid dienone is 2. The summed E-state index contributed by atoms with van der Waals surface area (Å²) in [5, 5.41) is 6.69. The normalized spacial score (nSPS) is 23.0. The van der Waals surface area contributed by atoms with E-state index in [0.29, 0.717) is 0 Å². The quantitative estimate of drug-likeness (QED) is 0.900. The van der Waals surface area contributed by atoms with Crippen molar-refractivity contribution in [3.05, 3.63) is 53.2 Å². The van der Waals surface area contributed by atoms with Crippen molar-refractivity contribution in [3.63, 3.8) is 0 Å². The summed E-state index contributed by atoms with van der Waals surface area (Å²) in [6, 6.07) is 9.00. The lowest BCUT2D eigenvalue weighted by Crippen LogP contribution is -2.42. The van der Waals surface area contributed by atoms with Gasteiger partial charge in [0.05, 0.1) is 0 Å². The zero-order valence-corrected chi connectivity index (χ0v) is 14.1. The van der Waals surface area contributed by atoms with Crippen molar-refractivity contribution < 1.29 is 0 Å². The summed E-state index contributed by atoms with van der Waals surface area (Å²) >= 11 is 0. The number of rotatable bonds is 3. The van der Waals surface area contributed by atoms with Crippen LogP contribution in [0, 0.1) is 0 Å². The van der Waals surface area contributed by atoms with Gasteiger partial charge in [0.2, 0.25) is 0 Å².